The van der Waals surface area contributed by atoms with Gasteiger partial charge in [-0.25, -0.2) is 0 Å². The lowest BCUT2D eigenvalue weighted by atomic mass is 9.90. The average Bonchev–Trinajstić information content (AvgIpc) is 2.76. The molecule has 0 aromatic rings. The molecule has 4 heteroatoms. The lowest BCUT2D eigenvalue weighted by Crippen LogP contribution is -2.49. The molecule has 2 rings (SSSR count). The highest BCUT2D eigenvalue weighted by atomic mass is 16.2. The number of nitrogens with zero attached hydrogens (tertiary/aromatic N) is 1. The highest BCUT2D eigenvalue weighted by Crippen LogP contribution is 2.19. The van der Waals surface area contributed by atoms with E-state index >= 15 is 0 Å². The average molecular weight is 281 g/mol. The summed E-state index contributed by atoms with van der Waals surface area (Å²) in [5, 5.41) is 6.48. The normalized spacial score (nSPS) is 28.9. The molecular formula is C16H31N3O. The van der Waals surface area contributed by atoms with Gasteiger partial charge in [0.1, 0.15) is 0 Å². The molecule has 1 amide bonds. The minimum atomic E-state index is 0.0397. The van der Waals surface area contributed by atoms with Gasteiger partial charge in [-0.05, 0) is 51.2 Å². The molecule has 0 spiro atoms. The van der Waals surface area contributed by atoms with Gasteiger partial charge in [-0.15, -0.1) is 0 Å². The van der Waals surface area contributed by atoms with Crippen LogP contribution in [0.1, 0.15) is 51.9 Å². The molecule has 20 heavy (non-hydrogen) atoms. The number of carbonyl (C=O) groups is 1. The van der Waals surface area contributed by atoms with Gasteiger partial charge in [-0.1, -0.05) is 26.2 Å². The Morgan fingerprint density at radius 1 is 1.25 bits per heavy atom. The van der Waals surface area contributed by atoms with E-state index in [1.807, 2.05) is 0 Å². The van der Waals surface area contributed by atoms with Crippen molar-refractivity contribution in [3.8, 4) is 0 Å². The SMILES string of the molecule is CCC1CCNC(C(=O)NCCN2CCCCCC2)C1. The van der Waals surface area contributed by atoms with Crippen LogP contribution in [0.4, 0.5) is 0 Å². The van der Waals surface area contributed by atoms with E-state index in [2.05, 4.69) is 22.5 Å². The standard InChI is InChI=1S/C16H31N3O/c1-2-14-7-8-17-15(13-14)16(20)18-9-12-19-10-5-3-4-6-11-19/h14-15,17H,2-13H2,1H3,(H,18,20). The molecule has 0 aromatic carbocycles. The van der Waals surface area contributed by atoms with Crippen molar-refractivity contribution >= 4 is 5.91 Å². The van der Waals surface area contributed by atoms with Crippen molar-refractivity contribution in [3.05, 3.63) is 0 Å². The third-order valence-corrected chi connectivity index (χ3v) is 4.83. The third-order valence-electron chi connectivity index (χ3n) is 4.83. The molecule has 4 nitrogen and oxygen atoms in total. The first-order chi connectivity index (χ1) is 9.79. The fourth-order valence-electron chi connectivity index (χ4n) is 3.39. The van der Waals surface area contributed by atoms with Gasteiger partial charge >= 0.3 is 0 Å². The molecule has 0 saturated carbocycles. The summed E-state index contributed by atoms with van der Waals surface area (Å²) in [6.45, 7) is 7.43. The first-order valence-electron chi connectivity index (χ1n) is 8.53. The molecule has 0 aromatic heterocycles. The monoisotopic (exact) mass is 281 g/mol. The van der Waals surface area contributed by atoms with Gasteiger partial charge in [0.2, 0.25) is 5.91 Å². The maximum Gasteiger partial charge on any atom is 0.237 e. The van der Waals surface area contributed by atoms with Gasteiger partial charge in [0.25, 0.3) is 0 Å². The molecule has 2 atom stereocenters. The molecular weight excluding hydrogens is 250 g/mol. The molecule has 2 heterocycles. The van der Waals surface area contributed by atoms with E-state index in [1.54, 1.807) is 0 Å². The molecule has 0 radical (unpaired) electrons. The van der Waals surface area contributed by atoms with Gasteiger partial charge in [0.15, 0.2) is 0 Å². The molecule has 0 bridgehead atoms. The Morgan fingerprint density at radius 2 is 2.00 bits per heavy atom. The first kappa shape index (κ1) is 15.8. The van der Waals surface area contributed by atoms with Crippen LogP contribution in [-0.4, -0.2) is 49.6 Å². The van der Waals surface area contributed by atoms with Crippen LogP contribution in [0.25, 0.3) is 0 Å². The van der Waals surface area contributed by atoms with Crippen LogP contribution in [0.3, 0.4) is 0 Å². The van der Waals surface area contributed by atoms with Crippen molar-refractivity contribution in [2.24, 2.45) is 5.92 Å². The second kappa shape index (κ2) is 8.63. The van der Waals surface area contributed by atoms with E-state index in [0.29, 0.717) is 0 Å². The van der Waals surface area contributed by atoms with Crippen LogP contribution in [0.5, 0.6) is 0 Å². The Bertz CT molecular complexity index is 287. The number of carbonyl (C=O) groups excluding carboxylic acids is 1. The summed E-state index contributed by atoms with van der Waals surface area (Å²) in [6, 6.07) is 0.0397. The molecule has 116 valence electrons. The summed E-state index contributed by atoms with van der Waals surface area (Å²) in [7, 11) is 0. The maximum atomic E-state index is 12.2. The number of nitrogens with one attached hydrogen (secondary N) is 2. The van der Waals surface area contributed by atoms with Crippen LogP contribution in [0.15, 0.2) is 0 Å². The number of likely N-dealkylation sites (tertiary alicyclic amines) is 1. The van der Waals surface area contributed by atoms with E-state index in [0.717, 1.165) is 32.0 Å². The second-order valence-electron chi connectivity index (χ2n) is 6.35. The molecule has 2 aliphatic heterocycles. The summed E-state index contributed by atoms with van der Waals surface area (Å²) in [4.78, 5) is 14.7. The van der Waals surface area contributed by atoms with E-state index in [-0.39, 0.29) is 11.9 Å². The van der Waals surface area contributed by atoms with Crippen molar-refractivity contribution in [3.63, 3.8) is 0 Å². The van der Waals surface area contributed by atoms with Crippen molar-refractivity contribution in [1.29, 1.82) is 0 Å². The van der Waals surface area contributed by atoms with E-state index in [4.69, 9.17) is 0 Å². The zero-order valence-corrected chi connectivity index (χ0v) is 13.0. The number of hydrogen-bond donors (Lipinski definition) is 2. The number of hydrogen-bond acceptors (Lipinski definition) is 3. The highest BCUT2D eigenvalue weighted by molar-refractivity contribution is 5.81. The number of piperidine rings is 1. The summed E-state index contributed by atoms with van der Waals surface area (Å²) in [5.74, 6) is 0.926. The van der Waals surface area contributed by atoms with Crippen molar-refractivity contribution in [2.75, 3.05) is 32.7 Å². The van der Waals surface area contributed by atoms with Gasteiger partial charge in [-0.3, -0.25) is 4.79 Å². The molecule has 2 aliphatic rings. The summed E-state index contributed by atoms with van der Waals surface area (Å²) in [5.41, 5.74) is 0. The minimum absolute atomic E-state index is 0.0397. The number of amides is 1. The zero-order valence-electron chi connectivity index (χ0n) is 13.0. The smallest absolute Gasteiger partial charge is 0.237 e. The van der Waals surface area contributed by atoms with Crippen molar-refractivity contribution in [1.82, 2.24) is 15.5 Å². The van der Waals surface area contributed by atoms with Gasteiger partial charge < -0.3 is 15.5 Å². The second-order valence-corrected chi connectivity index (χ2v) is 6.35. The fraction of sp³-hybridized carbons (Fsp3) is 0.938. The quantitative estimate of drug-likeness (QED) is 0.807. The van der Waals surface area contributed by atoms with Gasteiger partial charge in [-0.2, -0.15) is 0 Å². The topological polar surface area (TPSA) is 44.4 Å². The predicted octanol–water partition coefficient (Wildman–Crippen LogP) is 1.76. The van der Waals surface area contributed by atoms with E-state index < -0.39 is 0 Å². The van der Waals surface area contributed by atoms with Gasteiger partial charge in [0, 0.05) is 13.1 Å². The summed E-state index contributed by atoms with van der Waals surface area (Å²) >= 11 is 0. The summed E-state index contributed by atoms with van der Waals surface area (Å²) in [6.07, 6.45) is 8.78. The molecule has 2 saturated heterocycles. The summed E-state index contributed by atoms with van der Waals surface area (Å²) < 4.78 is 0. The molecule has 0 aliphatic carbocycles. The molecule has 2 unspecified atom stereocenters. The zero-order chi connectivity index (χ0) is 14.2. The number of rotatable bonds is 5. The maximum absolute atomic E-state index is 12.2. The largest absolute Gasteiger partial charge is 0.353 e. The predicted molar refractivity (Wildman–Crippen MR) is 82.7 cm³/mol. The lowest BCUT2D eigenvalue weighted by Gasteiger charge is -2.29. The van der Waals surface area contributed by atoms with E-state index in [1.165, 1.54) is 51.6 Å². The minimum Gasteiger partial charge on any atom is -0.353 e. The van der Waals surface area contributed by atoms with Crippen LogP contribution < -0.4 is 10.6 Å². The first-order valence-corrected chi connectivity index (χ1v) is 8.53. The van der Waals surface area contributed by atoms with Crippen LogP contribution in [-0.2, 0) is 4.79 Å². The Morgan fingerprint density at radius 3 is 2.70 bits per heavy atom. The Kier molecular flexibility index (Phi) is 6.80. The third kappa shape index (κ3) is 5.06. The Labute approximate surface area is 123 Å². The van der Waals surface area contributed by atoms with Crippen molar-refractivity contribution in [2.45, 2.75) is 57.9 Å². The van der Waals surface area contributed by atoms with Crippen LogP contribution in [0.2, 0.25) is 0 Å². The molecule has 2 fully saturated rings. The van der Waals surface area contributed by atoms with Crippen LogP contribution in [0, 0.1) is 5.92 Å². The van der Waals surface area contributed by atoms with E-state index in [9.17, 15) is 4.79 Å². The fourth-order valence-corrected chi connectivity index (χ4v) is 3.39. The Hall–Kier alpha value is -0.610. The lowest BCUT2D eigenvalue weighted by molar-refractivity contribution is -0.124. The van der Waals surface area contributed by atoms with Gasteiger partial charge in [0.05, 0.1) is 6.04 Å². The van der Waals surface area contributed by atoms with Crippen LogP contribution >= 0.6 is 0 Å². The molecule has 2 N–H and O–H groups in total. The van der Waals surface area contributed by atoms with Crippen molar-refractivity contribution < 1.29 is 4.79 Å². The Balaban J connectivity index is 1.64. The highest BCUT2D eigenvalue weighted by Gasteiger charge is 2.25.